The van der Waals surface area contributed by atoms with Gasteiger partial charge in [0, 0.05) is 6.04 Å². The van der Waals surface area contributed by atoms with E-state index in [1.807, 2.05) is 20.9 Å². The molecule has 0 aromatic carbocycles. The van der Waals surface area contributed by atoms with Crippen LogP contribution in [-0.2, 0) is 0 Å². The summed E-state index contributed by atoms with van der Waals surface area (Å²) in [5.74, 6) is 0.870. The Balaban J connectivity index is 0.000000561. The smallest absolute Gasteiger partial charge is 0.0105 e. The van der Waals surface area contributed by atoms with Crippen LogP contribution in [0.25, 0.3) is 0 Å². The summed E-state index contributed by atoms with van der Waals surface area (Å²) in [5, 5.41) is 6.74. The van der Waals surface area contributed by atoms with E-state index in [2.05, 4.69) is 17.6 Å². The van der Waals surface area contributed by atoms with Gasteiger partial charge in [-0.2, -0.15) is 0 Å². The lowest BCUT2D eigenvalue weighted by Crippen LogP contribution is -2.31. The zero-order chi connectivity index (χ0) is 9.40. The van der Waals surface area contributed by atoms with Gasteiger partial charge in [0.05, 0.1) is 0 Å². The minimum Gasteiger partial charge on any atom is -0.319 e. The van der Waals surface area contributed by atoms with Crippen molar-refractivity contribution in [2.24, 2.45) is 5.92 Å². The van der Waals surface area contributed by atoms with E-state index in [0.29, 0.717) is 0 Å². The fourth-order valence-corrected chi connectivity index (χ4v) is 1.81. The molecule has 0 aliphatic carbocycles. The fraction of sp³-hybridized carbons (Fsp3) is 1.00. The molecule has 2 heteroatoms. The topological polar surface area (TPSA) is 24.1 Å². The van der Waals surface area contributed by atoms with Crippen molar-refractivity contribution >= 4 is 0 Å². The minimum atomic E-state index is 0.771. The Morgan fingerprint density at radius 2 is 2.08 bits per heavy atom. The van der Waals surface area contributed by atoms with Crippen LogP contribution in [0.1, 0.15) is 33.6 Å². The highest BCUT2D eigenvalue weighted by Gasteiger charge is 2.23. The predicted octanol–water partition coefficient (Wildman–Crippen LogP) is 1.62. The van der Waals surface area contributed by atoms with Gasteiger partial charge in [0.15, 0.2) is 0 Å². The van der Waals surface area contributed by atoms with Gasteiger partial charge in [0.1, 0.15) is 0 Å². The number of nitrogens with one attached hydrogen (secondary N) is 2. The average Bonchev–Trinajstić information content (AvgIpc) is 2.56. The van der Waals surface area contributed by atoms with E-state index in [0.717, 1.165) is 12.0 Å². The average molecular weight is 172 g/mol. The molecule has 12 heavy (non-hydrogen) atoms. The van der Waals surface area contributed by atoms with E-state index < -0.39 is 0 Å². The summed E-state index contributed by atoms with van der Waals surface area (Å²) in [5.41, 5.74) is 0. The maximum atomic E-state index is 3.50. The molecule has 2 atom stereocenters. The molecule has 0 amide bonds. The summed E-state index contributed by atoms with van der Waals surface area (Å²) in [7, 11) is 2.03. The van der Waals surface area contributed by atoms with Crippen molar-refractivity contribution in [1.82, 2.24) is 10.6 Å². The van der Waals surface area contributed by atoms with Gasteiger partial charge in [-0.15, -0.1) is 0 Å². The van der Waals surface area contributed by atoms with Gasteiger partial charge in [-0.05, 0) is 38.9 Å². The Morgan fingerprint density at radius 1 is 1.42 bits per heavy atom. The van der Waals surface area contributed by atoms with Crippen LogP contribution < -0.4 is 10.6 Å². The molecule has 74 valence electrons. The van der Waals surface area contributed by atoms with Crippen molar-refractivity contribution in [2.75, 3.05) is 20.1 Å². The first kappa shape index (κ1) is 11.9. The predicted molar refractivity (Wildman–Crippen MR) is 55.5 cm³/mol. The molecule has 1 saturated heterocycles. The zero-order valence-corrected chi connectivity index (χ0v) is 8.98. The van der Waals surface area contributed by atoms with Crippen LogP contribution in [0.3, 0.4) is 0 Å². The minimum absolute atomic E-state index is 0.771. The maximum absolute atomic E-state index is 3.50. The van der Waals surface area contributed by atoms with Gasteiger partial charge in [-0.1, -0.05) is 20.8 Å². The van der Waals surface area contributed by atoms with E-state index in [9.17, 15) is 0 Å². The second kappa shape index (κ2) is 7.56. The highest BCUT2D eigenvalue weighted by Crippen LogP contribution is 2.16. The lowest BCUT2D eigenvalue weighted by Gasteiger charge is -2.16. The molecule has 0 aromatic heterocycles. The molecule has 2 unspecified atom stereocenters. The zero-order valence-electron chi connectivity index (χ0n) is 8.98. The van der Waals surface area contributed by atoms with Crippen molar-refractivity contribution < 1.29 is 0 Å². The van der Waals surface area contributed by atoms with Gasteiger partial charge in [0.2, 0.25) is 0 Å². The lowest BCUT2D eigenvalue weighted by molar-refractivity contribution is 0.422. The van der Waals surface area contributed by atoms with Crippen molar-refractivity contribution in [3.05, 3.63) is 0 Å². The number of rotatable bonds is 3. The van der Waals surface area contributed by atoms with Gasteiger partial charge in [-0.25, -0.2) is 0 Å². The standard InChI is InChI=1S/C8H18N2.C2H6/c1-3-8-7(6-9-2)4-5-10-8;1-2/h7-10H,3-6H2,1-2H3;1-2H3. The molecule has 1 aliphatic rings. The third-order valence-electron chi connectivity index (χ3n) is 2.40. The molecule has 1 heterocycles. The van der Waals surface area contributed by atoms with Gasteiger partial charge >= 0.3 is 0 Å². The van der Waals surface area contributed by atoms with Crippen molar-refractivity contribution in [3.63, 3.8) is 0 Å². The van der Waals surface area contributed by atoms with Crippen LogP contribution in [0.4, 0.5) is 0 Å². The molecule has 1 rings (SSSR count). The maximum Gasteiger partial charge on any atom is 0.0105 e. The third-order valence-corrected chi connectivity index (χ3v) is 2.40. The molecule has 0 radical (unpaired) electrons. The molecule has 0 saturated carbocycles. The molecular formula is C10H24N2. The van der Waals surface area contributed by atoms with Crippen molar-refractivity contribution in [2.45, 2.75) is 39.7 Å². The summed E-state index contributed by atoms with van der Waals surface area (Å²) in [6, 6.07) is 0.771. The van der Waals surface area contributed by atoms with Crippen LogP contribution in [0, 0.1) is 5.92 Å². The van der Waals surface area contributed by atoms with Gasteiger partial charge in [0.25, 0.3) is 0 Å². The molecule has 0 bridgehead atoms. The van der Waals surface area contributed by atoms with Gasteiger partial charge in [-0.3, -0.25) is 0 Å². The number of hydrogen-bond donors (Lipinski definition) is 2. The van der Waals surface area contributed by atoms with Crippen molar-refractivity contribution in [3.8, 4) is 0 Å². The van der Waals surface area contributed by atoms with Crippen LogP contribution in [-0.4, -0.2) is 26.2 Å². The Bertz CT molecular complexity index is 93.8. The SMILES string of the molecule is CC.CCC1NCCC1CNC. The lowest BCUT2D eigenvalue weighted by atomic mass is 9.99. The molecule has 1 aliphatic heterocycles. The number of hydrogen-bond acceptors (Lipinski definition) is 2. The van der Waals surface area contributed by atoms with Crippen LogP contribution in [0.5, 0.6) is 0 Å². The van der Waals surface area contributed by atoms with E-state index >= 15 is 0 Å². The molecule has 2 nitrogen and oxygen atoms in total. The van der Waals surface area contributed by atoms with Crippen molar-refractivity contribution in [1.29, 1.82) is 0 Å². The summed E-state index contributed by atoms with van der Waals surface area (Å²) in [4.78, 5) is 0. The van der Waals surface area contributed by atoms with E-state index in [1.165, 1.54) is 25.9 Å². The first-order chi connectivity index (χ1) is 5.88. The summed E-state index contributed by atoms with van der Waals surface area (Å²) in [6.45, 7) is 8.64. The normalized spacial score (nSPS) is 28.0. The van der Waals surface area contributed by atoms with E-state index in [-0.39, 0.29) is 0 Å². The van der Waals surface area contributed by atoms with Crippen LogP contribution in [0.2, 0.25) is 0 Å². The quantitative estimate of drug-likeness (QED) is 0.676. The van der Waals surface area contributed by atoms with Crippen LogP contribution >= 0.6 is 0 Å². The summed E-state index contributed by atoms with van der Waals surface area (Å²) >= 11 is 0. The monoisotopic (exact) mass is 172 g/mol. The van der Waals surface area contributed by atoms with E-state index in [1.54, 1.807) is 0 Å². The Kier molecular flexibility index (Phi) is 7.51. The highest BCUT2D eigenvalue weighted by atomic mass is 15.0. The summed E-state index contributed by atoms with van der Waals surface area (Å²) in [6.07, 6.45) is 2.62. The molecule has 2 N–H and O–H groups in total. The Hall–Kier alpha value is -0.0800. The van der Waals surface area contributed by atoms with Gasteiger partial charge < -0.3 is 10.6 Å². The fourth-order valence-electron chi connectivity index (χ4n) is 1.81. The second-order valence-electron chi connectivity index (χ2n) is 3.08. The largest absolute Gasteiger partial charge is 0.319 e. The first-order valence-corrected chi connectivity index (χ1v) is 5.26. The Labute approximate surface area is 77.1 Å². The first-order valence-electron chi connectivity index (χ1n) is 5.26. The van der Waals surface area contributed by atoms with Crippen LogP contribution in [0.15, 0.2) is 0 Å². The highest BCUT2D eigenvalue weighted by molar-refractivity contribution is 4.83. The molecular weight excluding hydrogens is 148 g/mol. The molecule has 0 aromatic rings. The Morgan fingerprint density at radius 3 is 2.58 bits per heavy atom. The summed E-state index contributed by atoms with van der Waals surface area (Å²) < 4.78 is 0. The second-order valence-corrected chi connectivity index (χ2v) is 3.08. The van der Waals surface area contributed by atoms with E-state index in [4.69, 9.17) is 0 Å². The third kappa shape index (κ3) is 3.55. The molecule has 1 fully saturated rings. The molecule has 0 spiro atoms.